The van der Waals surface area contributed by atoms with Gasteiger partial charge < -0.3 is 9.47 Å². The second-order valence-electron chi connectivity index (χ2n) is 4.44. The van der Waals surface area contributed by atoms with Crippen LogP contribution < -0.4 is 0 Å². The Morgan fingerprint density at radius 1 is 1.11 bits per heavy atom. The number of amides is 2. The van der Waals surface area contributed by atoms with Gasteiger partial charge in [-0.05, 0) is 26.7 Å². The smallest absolute Gasteiger partial charge is 0.253 e. The number of carbonyl (C=O) groups excluding carboxylic acids is 2. The summed E-state index contributed by atoms with van der Waals surface area (Å²) < 4.78 is 11.3. The van der Waals surface area contributed by atoms with E-state index in [1.807, 2.05) is 13.8 Å². The molecule has 1 fully saturated rings. The van der Waals surface area contributed by atoms with Gasteiger partial charge in [0.15, 0.2) is 0 Å². The molecule has 5 nitrogen and oxygen atoms in total. The van der Waals surface area contributed by atoms with Gasteiger partial charge in [-0.3, -0.25) is 14.5 Å². The van der Waals surface area contributed by atoms with Gasteiger partial charge in [0.1, 0.15) is 6.10 Å². The summed E-state index contributed by atoms with van der Waals surface area (Å²) >= 11 is 0. The Morgan fingerprint density at radius 3 is 2.28 bits per heavy atom. The Bertz CT molecular complexity index is 348. The van der Waals surface area contributed by atoms with Crippen LogP contribution in [-0.2, 0) is 19.1 Å². The predicted molar refractivity (Wildman–Crippen MR) is 64.8 cm³/mol. The monoisotopic (exact) mass is 253 g/mol. The fourth-order valence-electron chi connectivity index (χ4n) is 2.73. The van der Waals surface area contributed by atoms with E-state index in [0.717, 1.165) is 12.8 Å². The van der Waals surface area contributed by atoms with Gasteiger partial charge in [-0.1, -0.05) is 0 Å². The van der Waals surface area contributed by atoms with Gasteiger partial charge >= 0.3 is 0 Å². The highest BCUT2D eigenvalue weighted by Gasteiger charge is 2.45. The molecule has 3 unspecified atom stereocenters. The van der Waals surface area contributed by atoms with E-state index in [-0.39, 0.29) is 30.1 Å². The van der Waals surface area contributed by atoms with Crippen molar-refractivity contribution < 1.29 is 19.1 Å². The minimum atomic E-state index is -0.244. The second-order valence-corrected chi connectivity index (χ2v) is 4.44. The maximum absolute atomic E-state index is 11.7. The van der Waals surface area contributed by atoms with E-state index in [0.29, 0.717) is 13.2 Å². The van der Waals surface area contributed by atoms with Gasteiger partial charge in [0.25, 0.3) is 11.8 Å². The zero-order valence-corrected chi connectivity index (χ0v) is 10.8. The highest BCUT2D eigenvalue weighted by molar-refractivity contribution is 6.13. The molecule has 0 N–H and O–H groups in total. The lowest BCUT2D eigenvalue weighted by atomic mass is 10.1. The quantitative estimate of drug-likeness (QED) is 0.683. The summed E-state index contributed by atoms with van der Waals surface area (Å²) in [6, 6.07) is -0.198. The molecule has 0 aromatic heterocycles. The van der Waals surface area contributed by atoms with Crippen molar-refractivity contribution in [1.82, 2.24) is 4.90 Å². The summed E-state index contributed by atoms with van der Waals surface area (Å²) in [5.41, 5.74) is 0. The standard InChI is InChI=1S/C13H19NO4/c1-3-17-10-6-5-9(13(10)18-4-2)14-11(15)7-8-12(14)16/h7-10,13H,3-6H2,1-2H3. The topological polar surface area (TPSA) is 55.8 Å². The third-order valence-corrected chi connectivity index (χ3v) is 3.41. The molecule has 1 heterocycles. The molecule has 5 heteroatoms. The average Bonchev–Trinajstić information content (AvgIpc) is 2.86. The number of hydrogen-bond acceptors (Lipinski definition) is 4. The largest absolute Gasteiger partial charge is 0.376 e. The first-order valence-electron chi connectivity index (χ1n) is 6.47. The molecule has 2 rings (SSSR count). The lowest BCUT2D eigenvalue weighted by molar-refractivity contribution is -0.145. The van der Waals surface area contributed by atoms with Crippen LogP contribution in [0.1, 0.15) is 26.7 Å². The van der Waals surface area contributed by atoms with Gasteiger partial charge in [0.05, 0.1) is 12.1 Å². The molecule has 2 aliphatic rings. The lowest BCUT2D eigenvalue weighted by Gasteiger charge is -2.30. The maximum atomic E-state index is 11.7. The van der Waals surface area contributed by atoms with Crippen LogP contribution in [0.25, 0.3) is 0 Å². The third-order valence-electron chi connectivity index (χ3n) is 3.41. The first kappa shape index (κ1) is 13.2. The van der Waals surface area contributed by atoms with Gasteiger partial charge in [-0.2, -0.15) is 0 Å². The van der Waals surface area contributed by atoms with E-state index in [4.69, 9.17) is 9.47 Å². The summed E-state index contributed by atoms with van der Waals surface area (Å²) in [5.74, 6) is -0.487. The number of imide groups is 1. The van der Waals surface area contributed by atoms with Crippen molar-refractivity contribution in [3.05, 3.63) is 12.2 Å². The normalized spacial score (nSPS) is 31.7. The fraction of sp³-hybridized carbons (Fsp3) is 0.692. The Morgan fingerprint density at radius 2 is 1.72 bits per heavy atom. The molecule has 100 valence electrons. The molecular weight excluding hydrogens is 234 g/mol. The van der Waals surface area contributed by atoms with Crippen molar-refractivity contribution in [3.8, 4) is 0 Å². The van der Waals surface area contributed by atoms with Crippen molar-refractivity contribution >= 4 is 11.8 Å². The van der Waals surface area contributed by atoms with Crippen LogP contribution in [0.2, 0.25) is 0 Å². The van der Waals surface area contributed by atoms with E-state index in [2.05, 4.69) is 0 Å². The summed E-state index contributed by atoms with van der Waals surface area (Å²) in [7, 11) is 0. The van der Waals surface area contributed by atoms with Crippen LogP contribution >= 0.6 is 0 Å². The van der Waals surface area contributed by atoms with Crippen LogP contribution in [0, 0.1) is 0 Å². The van der Waals surface area contributed by atoms with Gasteiger partial charge in [0.2, 0.25) is 0 Å². The van der Waals surface area contributed by atoms with Gasteiger partial charge in [-0.25, -0.2) is 0 Å². The predicted octanol–water partition coefficient (Wildman–Crippen LogP) is 0.884. The molecule has 0 aromatic carbocycles. The maximum Gasteiger partial charge on any atom is 0.253 e. The highest BCUT2D eigenvalue weighted by Crippen LogP contribution is 2.31. The number of hydrogen-bond donors (Lipinski definition) is 0. The number of carbonyl (C=O) groups is 2. The molecule has 0 aromatic rings. The fourth-order valence-corrected chi connectivity index (χ4v) is 2.73. The minimum Gasteiger partial charge on any atom is -0.376 e. The summed E-state index contributed by atoms with van der Waals surface area (Å²) in [4.78, 5) is 24.7. The zero-order valence-electron chi connectivity index (χ0n) is 10.8. The number of rotatable bonds is 5. The molecule has 18 heavy (non-hydrogen) atoms. The third kappa shape index (κ3) is 2.33. The lowest BCUT2D eigenvalue weighted by Crippen LogP contribution is -2.48. The first-order valence-corrected chi connectivity index (χ1v) is 6.47. The molecule has 0 spiro atoms. The molecule has 0 radical (unpaired) electrons. The van der Waals surface area contributed by atoms with Crippen molar-refractivity contribution in [3.63, 3.8) is 0 Å². The van der Waals surface area contributed by atoms with Crippen molar-refractivity contribution in [2.75, 3.05) is 13.2 Å². The van der Waals surface area contributed by atoms with Crippen molar-refractivity contribution in [2.24, 2.45) is 0 Å². The first-order chi connectivity index (χ1) is 8.69. The number of ether oxygens (including phenoxy) is 2. The average molecular weight is 253 g/mol. The molecule has 1 aliphatic heterocycles. The van der Waals surface area contributed by atoms with E-state index < -0.39 is 0 Å². The Kier molecular flexibility index (Phi) is 4.14. The number of nitrogens with zero attached hydrogens (tertiary/aromatic N) is 1. The van der Waals surface area contributed by atoms with E-state index in [9.17, 15) is 9.59 Å². The summed E-state index contributed by atoms with van der Waals surface area (Å²) in [6.45, 7) is 5.00. The second kappa shape index (κ2) is 5.63. The summed E-state index contributed by atoms with van der Waals surface area (Å²) in [5, 5.41) is 0. The Labute approximate surface area is 107 Å². The van der Waals surface area contributed by atoms with Gasteiger partial charge in [0, 0.05) is 25.4 Å². The molecule has 1 saturated carbocycles. The molecule has 2 amide bonds. The Hall–Kier alpha value is -1.20. The van der Waals surface area contributed by atoms with Crippen LogP contribution in [0.5, 0.6) is 0 Å². The Balaban J connectivity index is 2.12. The zero-order chi connectivity index (χ0) is 13.1. The van der Waals surface area contributed by atoms with E-state index in [1.54, 1.807) is 0 Å². The molecule has 1 aliphatic carbocycles. The summed E-state index contributed by atoms with van der Waals surface area (Å²) in [6.07, 6.45) is 3.97. The SMILES string of the molecule is CCOC1CCC(N2C(=O)C=CC2=O)C1OCC. The molecule has 0 bridgehead atoms. The van der Waals surface area contributed by atoms with E-state index in [1.165, 1.54) is 17.1 Å². The van der Waals surface area contributed by atoms with Gasteiger partial charge in [-0.15, -0.1) is 0 Å². The molecule has 3 atom stereocenters. The van der Waals surface area contributed by atoms with Crippen LogP contribution in [0.3, 0.4) is 0 Å². The highest BCUT2D eigenvalue weighted by atomic mass is 16.5. The van der Waals surface area contributed by atoms with Crippen molar-refractivity contribution in [1.29, 1.82) is 0 Å². The van der Waals surface area contributed by atoms with Crippen LogP contribution in [-0.4, -0.2) is 48.2 Å². The molecular formula is C13H19NO4. The molecule has 0 saturated heterocycles. The van der Waals surface area contributed by atoms with Crippen molar-refractivity contribution in [2.45, 2.75) is 44.9 Å². The minimum absolute atomic E-state index is 0.0267. The van der Waals surface area contributed by atoms with Crippen LogP contribution in [0.15, 0.2) is 12.2 Å². The van der Waals surface area contributed by atoms with E-state index >= 15 is 0 Å². The van der Waals surface area contributed by atoms with Crippen LogP contribution in [0.4, 0.5) is 0 Å².